The van der Waals surface area contributed by atoms with Crippen LogP contribution in [0.4, 0.5) is 8.78 Å². The highest BCUT2D eigenvalue weighted by molar-refractivity contribution is 5.15. The summed E-state index contributed by atoms with van der Waals surface area (Å²) in [6.07, 6.45) is 0. The number of hydrogen-bond acceptors (Lipinski definition) is 0. The maximum absolute atomic E-state index is 12.2. The van der Waals surface area contributed by atoms with Crippen molar-refractivity contribution in [3.8, 4) is 0 Å². The number of aryl methyl sites for hydroxylation is 2. The van der Waals surface area contributed by atoms with E-state index < -0.39 is 11.6 Å². The molecule has 2 rings (SSSR count). The highest BCUT2D eigenvalue weighted by atomic mass is 19.1. The van der Waals surface area contributed by atoms with Gasteiger partial charge in [-0.15, -0.1) is 0 Å². The van der Waals surface area contributed by atoms with E-state index in [0.29, 0.717) is 5.56 Å². The number of rotatable bonds is 0. The number of halogens is 2. The van der Waals surface area contributed by atoms with Crippen molar-refractivity contribution in [2.75, 3.05) is 0 Å². The van der Waals surface area contributed by atoms with Gasteiger partial charge in [0, 0.05) is 6.07 Å². The van der Waals surface area contributed by atoms with Crippen molar-refractivity contribution in [1.82, 2.24) is 0 Å². The molecule has 2 aromatic carbocycles. The lowest BCUT2D eigenvalue weighted by Gasteiger charge is -1.91. The second kappa shape index (κ2) is 6.01. The molecule has 84 valence electrons. The van der Waals surface area contributed by atoms with Crippen LogP contribution in [-0.2, 0) is 0 Å². The van der Waals surface area contributed by atoms with E-state index in [1.165, 1.54) is 17.7 Å². The van der Waals surface area contributed by atoms with Crippen LogP contribution in [0.25, 0.3) is 0 Å². The van der Waals surface area contributed by atoms with E-state index in [-0.39, 0.29) is 0 Å². The molecule has 0 aliphatic rings. The third kappa shape index (κ3) is 4.69. The largest absolute Gasteiger partial charge is 0.207 e. The Labute approximate surface area is 94.6 Å². The first-order valence-electron chi connectivity index (χ1n) is 5.02. The van der Waals surface area contributed by atoms with Crippen molar-refractivity contribution >= 4 is 0 Å². The second-order valence-electron chi connectivity index (χ2n) is 3.60. The predicted molar refractivity (Wildman–Crippen MR) is 62.3 cm³/mol. The summed E-state index contributed by atoms with van der Waals surface area (Å²) in [5.41, 5.74) is 1.93. The zero-order valence-corrected chi connectivity index (χ0v) is 9.37. The maximum Gasteiger partial charge on any atom is 0.126 e. The fourth-order valence-corrected chi connectivity index (χ4v) is 1.23. The van der Waals surface area contributed by atoms with Gasteiger partial charge in [-0.25, -0.2) is 8.78 Å². The van der Waals surface area contributed by atoms with Crippen molar-refractivity contribution in [2.24, 2.45) is 0 Å². The third-order valence-electron chi connectivity index (χ3n) is 1.95. The lowest BCUT2D eigenvalue weighted by Crippen LogP contribution is -1.80. The fraction of sp³-hybridized carbons (Fsp3) is 0.143. The minimum Gasteiger partial charge on any atom is -0.207 e. The summed E-state index contributed by atoms with van der Waals surface area (Å²) in [6, 6.07) is 13.7. The van der Waals surface area contributed by atoms with Gasteiger partial charge >= 0.3 is 0 Å². The van der Waals surface area contributed by atoms with Crippen molar-refractivity contribution in [3.63, 3.8) is 0 Å². The van der Waals surface area contributed by atoms with Crippen LogP contribution in [0.3, 0.4) is 0 Å². The first-order chi connectivity index (χ1) is 7.58. The van der Waals surface area contributed by atoms with Gasteiger partial charge in [-0.1, -0.05) is 35.9 Å². The van der Waals surface area contributed by atoms with Gasteiger partial charge in [0.15, 0.2) is 0 Å². The quantitative estimate of drug-likeness (QED) is 0.622. The first kappa shape index (κ1) is 12.4. The van der Waals surface area contributed by atoms with Gasteiger partial charge in [-0.2, -0.15) is 0 Å². The van der Waals surface area contributed by atoms with Crippen LogP contribution in [0.15, 0.2) is 48.5 Å². The van der Waals surface area contributed by atoms with Crippen LogP contribution >= 0.6 is 0 Å². The topological polar surface area (TPSA) is 0 Å². The molecule has 0 N–H and O–H groups in total. The van der Waals surface area contributed by atoms with Crippen LogP contribution in [0.1, 0.15) is 11.1 Å². The van der Waals surface area contributed by atoms with Gasteiger partial charge in [-0.05, 0) is 31.5 Å². The molecular formula is C14H14F2. The minimum absolute atomic E-state index is 0.521. The van der Waals surface area contributed by atoms with Crippen LogP contribution in [0.2, 0.25) is 0 Å². The molecular weight excluding hydrogens is 206 g/mol. The molecule has 2 aromatic rings. The van der Waals surface area contributed by atoms with E-state index >= 15 is 0 Å². The summed E-state index contributed by atoms with van der Waals surface area (Å²) in [5.74, 6) is -1.04. The molecule has 0 spiro atoms. The molecule has 0 unspecified atom stereocenters. The predicted octanol–water partition coefficient (Wildman–Crippen LogP) is 4.27. The Kier molecular flexibility index (Phi) is 4.65. The average Bonchev–Trinajstić information content (AvgIpc) is 2.17. The smallest absolute Gasteiger partial charge is 0.126 e. The Hall–Kier alpha value is -1.70. The van der Waals surface area contributed by atoms with Gasteiger partial charge < -0.3 is 0 Å². The second-order valence-corrected chi connectivity index (χ2v) is 3.60. The van der Waals surface area contributed by atoms with Crippen molar-refractivity contribution in [2.45, 2.75) is 13.8 Å². The molecule has 0 aromatic heterocycles. The summed E-state index contributed by atoms with van der Waals surface area (Å²) in [6.45, 7) is 3.73. The van der Waals surface area contributed by atoms with Crippen LogP contribution in [0, 0.1) is 25.5 Å². The molecule has 0 amide bonds. The first-order valence-corrected chi connectivity index (χ1v) is 5.02. The van der Waals surface area contributed by atoms with E-state index in [2.05, 4.69) is 19.1 Å². The van der Waals surface area contributed by atoms with Crippen LogP contribution in [-0.4, -0.2) is 0 Å². The van der Waals surface area contributed by atoms with E-state index in [9.17, 15) is 8.78 Å². The standard InChI is InChI=1S/C7H6F2.C7H8/c1-5-2-6(8)4-7(9)3-5;1-7-5-3-2-4-6-7/h2-4H,1H3;2-6H,1H3. The Bertz CT molecular complexity index is 385. The lowest BCUT2D eigenvalue weighted by atomic mass is 10.2. The average molecular weight is 220 g/mol. The van der Waals surface area contributed by atoms with Crippen molar-refractivity contribution < 1.29 is 8.78 Å². The zero-order chi connectivity index (χ0) is 12.0. The summed E-state index contributed by atoms with van der Waals surface area (Å²) in [4.78, 5) is 0. The molecule has 0 bridgehead atoms. The Morgan fingerprint density at radius 3 is 1.50 bits per heavy atom. The van der Waals surface area contributed by atoms with Crippen LogP contribution < -0.4 is 0 Å². The molecule has 0 aliphatic carbocycles. The van der Waals surface area contributed by atoms with Gasteiger partial charge in [0.05, 0.1) is 0 Å². The molecule has 0 aliphatic heterocycles. The molecule has 0 nitrogen and oxygen atoms in total. The van der Waals surface area contributed by atoms with E-state index in [0.717, 1.165) is 6.07 Å². The zero-order valence-electron chi connectivity index (χ0n) is 9.37. The van der Waals surface area contributed by atoms with Crippen LogP contribution in [0.5, 0.6) is 0 Å². The Morgan fingerprint density at radius 2 is 1.19 bits per heavy atom. The third-order valence-corrected chi connectivity index (χ3v) is 1.95. The number of benzene rings is 2. The summed E-state index contributed by atoms with van der Waals surface area (Å²) < 4.78 is 24.4. The highest BCUT2D eigenvalue weighted by Crippen LogP contribution is 2.05. The normalized spacial score (nSPS) is 9.25. The number of hydrogen-bond donors (Lipinski definition) is 0. The monoisotopic (exact) mass is 220 g/mol. The molecule has 2 heteroatoms. The molecule has 0 fully saturated rings. The maximum atomic E-state index is 12.2. The summed E-state index contributed by atoms with van der Waals surface area (Å²) in [5, 5.41) is 0. The van der Waals surface area contributed by atoms with Gasteiger partial charge in [-0.3, -0.25) is 0 Å². The van der Waals surface area contributed by atoms with Gasteiger partial charge in [0.25, 0.3) is 0 Å². The fourth-order valence-electron chi connectivity index (χ4n) is 1.23. The van der Waals surface area contributed by atoms with E-state index in [4.69, 9.17) is 0 Å². The van der Waals surface area contributed by atoms with Gasteiger partial charge in [0.2, 0.25) is 0 Å². The SMILES string of the molecule is Cc1cc(F)cc(F)c1.Cc1ccccc1. The van der Waals surface area contributed by atoms with E-state index in [1.54, 1.807) is 6.92 Å². The molecule has 0 saturated heterocycles. The minimum atomic E-state index is -0.521. The van der Waals surface area contributed by atoms with Crippen molar-refractivity contribution in [3.05, 3.63) is 71.3 Å². The van der Waals surface area contributed by atoms with Gasteiger partial charge in [0.1, 0.15) is 11.6 Å². The Morgan fingerprint density at radius 1 is 0.688 bits per heavy atom. The molecule has 0 atom stereocenters. The summed E-state index contributed by atoms with van der Waals surface area (Å²) in [7, 11) is 0. The summed E-state index contributed by atoms with van der Waals surface area (Å²) >= 11 is 0. The Balaban J connectivity index is 0.000000165. The molecule has 0 saturated carbocycles. The molecule has 16 heavy (non-hydrogen) atoms. The lowest BCUT2D eigenvalue weighted by molar-refractivity contribution is 0.581. The van der Waals surface area contributed by atoms with E-state index in [1.807, 2.05) is 18.2 Å². The molecule has 0 radical (unpaired) electrons. The molecule has 0 heterocycles. The van der Waals surface area contributed by atoms with Crippen molar-refractivity contribution in [1.29, 1.82) is 0 Å². The highest BCUT2D eigenvalue weighted by Gasteiger charge is 1.93.